The Hall–Kier alpha value is -2.37. The van der Waals surface area contributed by atoms with E-state index >= 15 is 0 Å². The zero-order chi connectivity index (χ0) is 18.5. The molecule has 0 unspecified atom stereocenters. The number of hydrogen-bond donors (Lipinski definition) is 0. The Morgan fingerprint density at radius 2 is 1.85 bits per heavy atom. The first kappa shape index (κ1) is 18.4. The lowest BCUT2D eigenvalue weighted by Gasteiger charge is -2.10. The second-order valence-corrected chi connectivity index (χ2v) is 7.60. The average molecular weight is 382 g/mol. The number of carbonyl (C=O) groups is 1. The van der Waals surface area contributed by atoms with Gasteiger partial charge in [-0.1, -0.05) is 72.0 Å². The lowest BCUT2D eigenvalue weighted by Crippen LogP contribution is -2.27. The third-order valence-corrected chi connectivity index (χ3v) is 5.27. The van der Waals surface area contributed by atoms with Crippen LogP contribution >= 0.6 is 24.0 Å². The van der Waals surface area contributed by atoms with Crippen LogP contribution in [0.2, 0.25) is 0 Å². The van der Waals surface area contributed by atoms with Crippen LogP contribution in [-0.4, -0.2) is 21.7 Å². The molecule has 0 saturated carbocycles. The van der Waals surface area contributed by atoms with Crippen molar-refractivity contribution >= 4 is 40.3 Å². The highest BCUT2D eigenvalue weighted by molar-refractivity contribution is 8.26. The number of nitrogens with zero attached hydrogens (tertiary/aromatic N) is 1. The first-order valence-corrected chi connectivity index (χ1v) is 9.44. The van der Waals surface area contributed by atoms with Crippen LogP contribution in [0.3, 0.4) is 0 Å². The summed E-state index contributed by atoms with van der Waals surface area (Å²) in [5.74, 6) is 0.724. The topological polar surface area (TPSA) is 29.5 Å². The van der Waals surface area contributed by atoms with Crippen molar-refractivity contribution in [2.45, 2.75) is 13.5 Å². The maximum atomic E-state index is 12.3. The van der Waals surface area contributed by atoms with E-state index in [-0.39, 0.29) is 5.91 Å². The largest absolute Gasteiger partial charge is 0.489 e. The van der Waals surface area contributed by atoms with Crippen molar-refractivity contribution in [1.29, 1.82) is 0 Å². The van der Waals surface area contributed by atoms with E-state index in [1.54, 1.807) is 11.0 Å². The highest BCUT2D eigenvalue weighted by Gasteiger charge is 2.30. The Morgan fingerprint density at radius 3 is 2.50 bits per heavy atom. The molecule has 3 rings (SSSR count). The molecule has 2 aromatic rings. The van der Waals surface area contributed by atoms with Gasteiger partial charge < -0.3 is 4.74 Å². The molecule has 0 atom stereocenters. The third-order valence-electron chi connectivity index (χ3n) is 3.89. The second kappa shape index (κ2) is 8.34. The average Bonchev–Trinajstić information content (AvgIpc) is 2.90. The van der Waals surface area contributed by atoms with Crippen LogP contribution in [0.1, 0.15) is 16.7 Å². The summed E-state index contributed by atoms with van der Waals surface area (Å²) in [6.07, 6.45) is 3.53. The predicted octanol–water partition coefficient (Wildman–Crippen LogP) is 4.96. The molecule has 1 saturated heterocycles. The summed E-state index contributed by atoms with van der Waals surface area (Å²) in [7, 11) is 0. The molecule has 0 N–H and O–H groups in total. The number of amides is 1. The molecule has 1 fully saturated rings. The van der Waals surface area contributed by atoms with Gasteiger partial charge in [-0.3, -0.25) is 9.69 Å². The predicted molar refractivity (Wildman–Crippen MR) is 112 cm³/mol. The second-order valence-electron chi connectivity index (χ2n) is 5.92. The Bertz CT molecular complexity index is 855. The van der Waals surface area contributed by atoms with Gasteiger partial charge >= 0.3 is 0 Å². The molecule has 0 spiro atoms. The standard InChI is InChI=1S/C21H19NO2S2/c1-3-12-22-20(23)19(26-21(22)25)13-16-8-10-18(11-9-16)24-14-17-6-4-15(2)5-7-17/h3-11,13H,1,12,14H2,2H3/b19-13-. The van der Waals surface area contributed by atoms with Crippen molar-refractivity contribution in [1.82, 2.24) is 4.90 Å². The van der Waals surface area contributed by atoms with Crippen molar-refractivity contribution in [3.05, 3.63) is 82.8 Å². The molecule has 1 aliphatic heterocycles. The molecule has 1 amide bonds. The third kappa shape index (κ3) is 4.42. The maximum absolute atomic E-state index is 12.3. The molecule has 3 nitrogen and oxygen atoms in total. The molecular formula is C21H19NO2S2. The van der Waals surface area contributed by atoms with Gasteiger partial charge in [0.05, 0.1) is 4.91 Å². The molecule has 2 aromatic carbocycles. The highest BCUT2D eigenvalue weighted by Crippen LogP contribution is 2.32. The zero-order valence-electron chi connectivity index (χ0n) is 14.5. The number of thioether (sulfide) groups is 1. The lowest BCUT2D eigenvalue weighted by molar-refractivity contribution is -0.121. The van der Waals surface area contributed by atoms with E-state index in [9.17, 15) is 4.79 Å². The molecule has 26 heavy (non-hydrogen) atoms. The summed E-state index contributed by atoms with van der Waals surface area (Å²) in [6.45, 7) is 6.69. The monoisotopic (exact) mass is 381 g/mol. The van der Waals surface area contributed by atoms with Gasteiger partial charge in [0, 0.05) is 6.54 Å². The number of hydrogen-bond acceptors (Lipinski definition) is 4. The van der Waals surface area contributed by atoms with Gasteiger partial charge in [-0.25, -0.2) is 0 Å². The smallest absolute Gasteiger partial charge is 0.266 e. The number of benzene rings is 2. The van der Waals surface area contributed by atoms with Crippen molar-refractivity contribution in [3.8, 4) is 5.75 Å². The van der Waals surface area contributed by atoms with Gasteiger partial charge in [0.2, 0.25) is 0 Å². The fourth-order valence-electron chi connectivity index (χ4n) is 2.45. The molecule has 0 aliphatic carbocycles. The number of ether oxygens (including phenoxy) is 1. The molecule has 0 radical (unpaired) electrons. The minimum atomic E-state index is -0.0698. The zero-order valence-corrected chi connectivity index (χ0v) is 16.1. The van der Waals surface area contributed by atoms with E-state index < -0.39 is 0 Å². The van der Waals surface area contributed by atoms with Crippen LogP contribution in [-0.2, 0) is 11.4 Å². The highest BCUT2D eigenvalue weighted by atomic mass is 32.2. The van der Waals surface area contributed by atoms with Crippen molar-refractivity contribution < 1.29 is 9.53 Å². The number of rotatable bonds is 6. The van der Waals surface area contributed by atoms with Crippen LogP contribution in [0.5, 0.6) is 5.75 Å². The summed E-state index contributed by atoms with van der Waals surface area (Å²) in [5, 5.41) is 0. The summed E-state index contributed by atoms with van der Waals surface area (Å²) in [6, 6.07) is 16.0. The van der Waals surface area contributed by atoms with Crippen molar-refractivity contribution in [2.75, 3.05) is 6.54 Å². The van der Waals surface area contributed by atoms with E-state index in [0.29, 0.717) is 22.4 Å². The quantitative estimate of drug-likeness (QED) is 0.402. The minimum absolute atomic E-state index is 0.0698. The van der Waals surface area contributed by atoms with E-state index in [1.165, 1.54) is 17.3 Å². The van der Waals surface area contributed by atoms with Gasteiger partial charge in [0.1, 0.15) is 16.7 Å². The molecular weight excluding hydrogens is 362 g/mol. The molecule has 5 heteroatoms. The Kier molecular flexibility index (Phi) is 5.91. The Morgan fingerprint density at radius 1 is 1.15 bits per heavy atom. The van der Waals surface area contributed by atoms with E-state index in [1.807, 2.05) is 30.3 Å². The SMILES string of the molecule is C=CCN1C(=O)/C(=C/c2ccc(OCc3ccc(C)cc3)cc2)SC1=S. The molecule has 0 aromatic heterocycles. The number of aryl methyl sites for hydroxylation is 1. The van der Waals surface area contributed by atoms with Gasteiger partial charge in [0.15, 0.2) is 0 Å². The first-order chi connectivity index (χ1) is 12.6. The van der Waals surface area contributed by atoms with Crippen LogP contribution in [0.15, 0.2) is 66.1 Å². The number of carbonyl (C=O) groups excluding carboxylic acids is 1. The molecule has 1 aliphatic rings. The molecule has 132 valence electrons. The van der Waals surface area contributed by atoms with E-state index in [0.717, 1.165) is 16.9 Å². The Balaban J connectivity index is 1.64. The van der Waals surface area contributed by atoms with Gasteiger partial charge in [-0.2, -0.15) is 0 Å². The summed E-state index contributed by atoms with van der Waals surface area (Å²) < 4.78 is 6.38. The van der Waals surface area contributed by atoms with Crippen LogP contribution in [0.4, 0.5) is 0 Å². The Labute approximate surface area is 163 Å². The van der Waals surface area contributed by atoms with Crippen molar-refractivity contribution in [3.63, 3.8) is 0 Å². The maximum Gasteiger partial charge on any atom is 0.266 e. The fourth-order valence-corrected chi connectivity index (χ4v) is 3.72. The van der Waals surface area contributed by atoms with Crippen LogP contribution in [0.25, 0.3) is 6.08 Å². The van der Waals surface area contributed by atoms with Gasteiger partial charge in [0.25, 0.3) is 5.91 Å². The van der Waals surface area contributed by atoms with E-state index in [2.05, 4.69) is 37.8 Å². The summed E-state index contributed by atoms with van der Waals surface area (Å²) in [4.78, 5) is 14.5. The fraction of sp³-hybridized carbons (Fsp3) is 0.143. The van der Waals surface area contributed by atoms with Crippen molar-refractivity contribution in [2.24, 2.45) is 0 Å². The van der Waals surface area contributed by atoms with Crippen LogP contribution in [0, 0.1) is 6.92 Å². The van der Waals surface area contributed by atoms with Gasteiger partial charge in [-0.15, -0.1) is 6.58 Å². The number of thiocarbonyl (C=S) groups is 1. The van der Waals surface area contributed by atoms with Crippen LogP contribution < -0.4 is 4.74 Å². The normalized spacial score (nSPS) is 15.6. The van der Waals surface area contributed by atoms with Gasteiger partial charge in [-0.05, 0) is 36.3 Å². The summed E-state index contributed by atoms with van der Waals surface area (Å²) >= 11 is 6.56. The molecule has 1 heterocycles. The lowest BCUT2D eigenvalue weighted by atomic mass is 10.1. The minimum Gasteiger partial charge on any atom is -0.489 e. The summed E-state index contributed by atoms with van der Waals surface area (Å²) in [5.41, 5.74) is 3.30. The van der Waals surface area contributed by atoms with E-state index in [4.69, 9.17) is 17.0 Å². The molecule has 0 bridgehead atoms. The first-order valence-electron chi connectivity index (χ1n) is 8.21.